The van der Waals surface area contributed by atoms with Gasteiger partial charge in [0.15, 0.2) is 0 Å². The summed E-state index contributed by atoms with van der Waals surface area (Å²) in [6.45, 7) is 3.98. The first-order valence-electron chi connectivity index (χ1n) is 10.9. The number of benzene rings is 1. The van der Waals surface area contributed by atoms with Gasteiger partial charge in [-0.2, -0.15) is 0 Å². The molecule has 178 valence electrons. The van der Waals surface area contributed by atoms with Crippen LogP contribution in [-0.2, 0) is 14.3 Å². The van der Waals surface area contributed by atoms with E-state index in [0.29, 0.717) is 17.9 Å². The number of ether oxygens (including phenoxy) is 1. The highest BCUT2D eigenvalue weighted by molar-refractivity contribution is 6.04. The van der Waals surface area contributed by atoms with Crippen molar-refractivity contribution in [3.63, 3.8) is 0 Å². The minimum Gasteiger partial charge on any atom is -0.481 e. The molecular formula is C24H31N3O6. The quantitative estimate of drug-likeness (QED) is 0.191. The first-order chi connectivity index (χ1) is 15.7. The van der Waals surface area contributed by atoms with E-state index in [1.54, 1.807) is 24.3 Å². The van der Waals surface area contributed by atoms with E-state index < -0.39 is 29.4 Å². The van der Waals surface area contributed by atoms with Gasteiger partial charge in [0, 0.05) is 29.3 Å². The van der Waals surface area contributed by atoms with Gasteiger partial charge in [0.05, 0.1) is 12.0 Å². The Morgan fingerprint density at radius 2 is 1.82 bits per heavy atom. The molecule has 1 aliphatic carbocycles. The number of nitrogens with one attached hydrogen (secondary N) is 3. The fourth-order valence-electron chi connectivity index (χ4n) is 3.55. The number of hydrogen-bond donors (Lipinski definition) is 5. The molecule has 0 saturated heterocycles. The summed E-state index contributed by atoms with van der Waals surface area (Å²) in [4.78, 5) is 35.2. The topological polar surface area (TPSA) is 149 Å². The smallest absolute Gasteiger partial charge is 0.412 e. The van der Waals surface area contributed by atoms with Crippen LogP contribution < -0.4 is 10.6 Å². The van der Waals surface area contributed by atoms with Crippen LogP contribution in [0.15, 0.2) is 48.1 Å². The highest BCUT2D eigenvalue weighted by Gasteiger charge is 2.44. The van der Waals surface area contributed by atoms with Gasteiger partial charge in [-0.05, 0) is 37.6 Å². The number of anilines is 1. The molecule has 0 spiro atoms. The number of carbonyl (C=O) groups is 3. The minimum absolute atomic E-state index is 0.0192. The van der Waals surface area contributed by atoms with Crippen LogP contribution >= 0.6 is 0 Å². The number of carboxylic acid groups (broad SMARTS) is 2. The Morgan fingerprint density at radius 3 is 2.42 bits per heavy atom. The average Bonchev–Trinajstić information content (AvgIpc) is 2.78. The summed E-state index contributed by atoms with van der Waals surface area (Å²) < 4.78 is 5.07. The Kier molecular flexibility index (Phi) is 9.20. The summed E-state index contributed by atoms with van der Waals surface area (Å²) in [6, 6.07) is 6.58. The van der Waals surface area contributed by atoms with Crippen molar-refractivity contribution >= 4 is 29.6 Å². The number of alkyl carbamates (subject to hydrolysis) is 1. The maximum absolute atomic E-state index is 11.8. The van der Waals surface area contributed by atoms with Crippen LogP contribution in [0.1, 0.15) is 45.1 Å². The molecule has 1 aromatic rings. The molecule has 9 nitrogen and oxygen atoms in total. The van der Waals surface area contributed by atoms with Crippen LogP contribution in [0.4, 0.5) is 10.5 Å². The predicted octanol–water partition coefficient (Wildman–Crippen LogP) is 4.02. The molecular weight excluding hydrogens is 426 g/mol. The normalized spacial score (nSPS) is 19.3. The maximum Gasteiger partial charge on any atom is 0.412 e. The lowest BCUT2D eigenvalue weighted by atomic mass is 9.70. The lowest BCUT2D eigenvalue weighted by Crippen LogP contribution is -2.41. The molecule has 0 radical (unpaired) electrons. The van der Waals surface area contributed by atoms with E-state index in [4.69, 9.17) is 10.1 Å². The number of allylic oxidation sites excluding steroid dienone is 2. The summed E-state index contributed by atoms with van der Waals surface area (Å²) in [5.74, 6) is -3.16. The van der Waals surface area contributed by atoms with Gasteiger partial charge in [0.2, 0.25) is 0 Å². The number of aliphatic carboxylic acids is 2. The maximum atomic E-state index is 11.8. The van der Waals surface area contributed by atoms with Crippen molar-refractivity contribution in [2.24, 2.45) is 11.3 Å². The van der Waals surface area contributed by atoms with Crippen molar-refractivity contribution in [1.29, 1.82) is 5.41 Å². The highest BCUT2D eigenvalue weighted by atomic mass is 16.5. The Hall–Kier alpha value is -3.62. The number of amides is 1. The second-order valence-electron chi connectivity index (χ2n) is 8.08. The highest BCUT2D eigenvalue weighted by Crippen LogP contribution is 2.38. The summed E-state index contributed by atoms with van der Waals surface area (Å²) in [5, 5.41) is 32.6. The molecule has 33 heavy (non-hydrogen) atoms. The van der Waals surface area contributed by atoms with E-state index in [1.807, 2.05) is 0 Å². The zero-order valence-electron chi connectivity index (χ0n) is 18.9. The summed E-state index contributed by atoms with van der Waals surface area (Å²) >= 11 is 0. The zero-order valence-corrected chi connectivity index (χ0v) is 18.9. The molecule has 1 aromatic carbocycles. The van der Waals surface area contributed by atoms with Gasteiger partial charge < -0.3 is 20.3 Å². The molecule has 0 heterocycles. The molecule has 0 aromatic heterocycles. The van der Waals surface area contributed by atoms with E-state index >= 15 is 0 Å². The molecule has 5 N–H and O–H groups in total. The lowest BCUT2D eigenvalue weighted by molar-refractivity contribution is -0.147. The second kappa shape index (κ2) is 11.8. The van der Waals surface area contributed by atoms with E-state index in [2.05, 4.69) is 17.6 Å². The average molecular weight is 458 g/mol. The molecule has 0 fully saturated rings. The van der Waals surface area contributed by atoms with Gasteiger partial charge in [-0.3, -0.25) is 15.5 Å². The Bertz CT molecular complexity index is 938. The molecule has 0 saturated carbocycles. The number of unbranched alkanes of at least 4 members (excludes halogenated alkanes) is 3. The third-order valence-corrected chi connectivity index (χ3v) is 5.67. The standard InChI is InChI=1S/C24H31N3O6/c1-3-4-5-6-14-33-23(32)27-20(25)16-9-11-17(12-10-16)26-15-19-18(21(28)29)8-7-13-24(19,2)22(30)31/h7-13,19,26H,3-6,14-15H2,1-2H3,(H,28,29)(H,30,31)(H2,25,27,32). The second-order valence-corrected chi connectivity index (χ2v) is 8.08. The first kappa shape index (κ1) is 25.6. The third-order valence-electron chi connectivity index (χ3n) is 5.67. The van der Waals surface area contributed by atoms with Crippen LogP contribution in [0.5, 0.6) is 0 Å². The molecule has 0 bridgehead atoms. The van der Waals surface area contributed by atoms with E-state index in [1.165, 1.54) is 25.2 Å². The van der Waals surface area contributed by atoms with Crippen LogP contribution in [0, 0.1) is 16.7 Å². The van der Waals surface area contributed by atoms with Crippen molar-refractivity contribution in [2.45, 2.75) is 39.5 Å². The molecule has 0 aliphatic heterocycles. The van der Waals surface area contributed by atoms with Gasteiger partial charge in [0.1, 0.15) is 5.84 Å². The molecule has 2 unspecified atom stereocenters. The fourth-order valence-corrected chi connectivity index (χ4v) is 3.55. The minimum atomic E-state index is -1.36. The zero-order chi connectivity index (χ0) is 24.4. The number of rotatable bonds is 11. The Morgan fingerprint density at radius 1 is 1.12 bits per heavy atom. The summed E-state index contributed by atoms with van der Waals surface area (Å²) in [7, 11) is 0. The number of carboxylic acids is 2. The monoisotopic (exact) mass is 457 g/mol. The van der Waals surface area contributed by atoms with Gasteiger partial charge >= 0.3 is 18.0 Å². The van der Waals surface area contributed by atoms with Crippen molar-refractivity contribution in [3.05, 3.63) is 53.6 Å². The SMILES string of the molecule is CCCCCCOC(=O)NC(=N)c1ccc(NCC2C(C(=O)O)=CC=CC2(C)C(=O)O)cc1. The van der Waals surface area contributed by atoms with Crippen LogP contribution in [0.25, 0.3) is 0 Å². The number of hydrogen-bond acceptors (Lipinski definition) is 6. The Balaban J connectivity index is 1.94. The van der Waals surface area contributed by atoms with Crippen molar-refractivity contribution in [2.75, 3.05) is 18.5 Å². The number of carbonyl (C=O) groups excluding carboxylic acids is 1. The molecule has 2 rings (SSSR count). The summed E-state index contributed by atoms with van der Waals surface area (Å²) in [6.07, 6.45) is 7.64. The third kappa shape index (κ3) is 6.93. The van der Waals surface area contributed by atoms with Gasteiger partial charge in [-0.1, -0.05) is 44.4 Å². The van der Waals surface area contributed by atoms with Gasteiger partial charge in [-0.25, -0.2) is 9.59 Å². The summed E-state index contributed by atoms with van der Waals surface area (Å²) in [5.41, 5.74) is -0.258. The van der Waals surface area contributed by atoms with E-state index in [0.717, 1.165) is 25.7 Å². The van der Waals surface area contributed by atoms with Gasteiger partial charge in [0.25, 0.3) is 0 Å². The van der Waals surface area contributed by atoms with Crippen LogP contribution in [-0.4, -0.2) is 47.2 Å². The lowest BCUT2D eigenvalue weighted by Gasteiger charge is -2.34. The predicted molar refractivity (Wildman–Crippen MR) is 124 cm³/mol. The molecule has 1 aliphatic rings. The largest absolute Gasteiger partial charge is 0.481 e. The van der Waals surface area contributed by atoms with Crippen molar-refractivity contribution < 1.29 is 29.3 Å². The fraction of sp³-hybridized carbons (Fsp3) is 0.417. The van der Waals surface area contributed by atoms with Crippen LogP contribution in [0.2, 0.25) is 0 Å². The molecule has 9 heteroatoms. The van der Waals surface area contributed by atoms with E-state index in [-0.39, 0.29) is 18.0 Å². The first-order valence-corrected chi connectivity index (χ1v) is 10.9. The van der Waals surface area contributed by atoms with Crippen molar-refractivity contribution in [1.82, 2.24) is 5.32 Å². The molecule has 2 atom stereocenters. The van der Waals surface area contributed by atoms with Gasteiger partial charge in [-0.15, -0.1) is 0 Å². The Labute approximate surface area is 193 Å². The van der Waals surface area contributed by atoms with Crippen LogP contribution in [0.3, 0.4) is 0 Å². The van der Waals surface area contributed by atoms with E-state index in [9.17, 15) is 24.6 Å². The number of amidine groups is 1. The van der Waals surface area contributed by atoms with Crippen molar-refractivity contribution in [3.8, 4) is 0 Å². The molecule has 1 amide bonds.